The number of anilines is 1. The topological polar surface area (TPSA) is 93.5 Å². The zero-order valence-electron chi connectivity index (χ0n) is 14.3. The number of halogens is 1. The van der Waals surface area contributed by atoms with Crippen LogP contribution in [-0.4, -0.2) is 26.8 Å². The Balaban J connectivity index is 2.04. The van der Waals surface area contributed by atoms with Crippen LogP contribution in [0.15, 0.2) is 18.2 Å². The molecule has 25 heavy (non-hydrogen) atoms. The van der Waals surface area contributed by atoms with Crippen LogP contribution < -0.4 is 5.32 Å². The molecule has 3 rings (SSSR count). The Morgan fingerprint density at radius 1 is 1.48 bits per heavy atom. The summed E-state index contributed by atoms with van der Waals surface area (Å²) >= 11 is 6.14. The second-order valence-electron chi connectivity index (χ2n) is 6.22. The third-order valence-corrected chi connectivity index (χ3v) is 4.78. The summed E-state index contributed by atoms with van der Waals surface area (Å²) in [6.07, 6.45) is -0.607. The summed E-state index contributed by atoms with van der Waals surface area (Å²) < 4.78 is 6.64. The number of rotatable bonds is 2. The second kappa shape index (κ2) is 5.86. The summed E-state index contributed by atoms with van der Waals surface area (Å²) in [6, 6.07) is 4.98. The van der Waals surface area contributed by atoms with E-state index in [1.165, 1.54) is 11.6 Å². The van der Waals surface area contributed by atoms with Gasteiger partial charge in [0.1, 0.15) is 11.3 Å². The van der Waals surface area contributed by atoms with E-state index in [9.17, 15) is 14.7 Å². The number of hydrogen-bond acceptors (Lipinski definition) is 5. The number of esters is 1. The van der Waals surface area contributed by atoms with Crippen LogP contribution in [0.2, 0.25) is 5.15 Å². The molecule has 1 aromatic heterocycles. The monoisotopic (exact) mass is 363 g/mol. The summed E-state index contributed by atoms with van der Waals surface area (Å²) in [7, 11) is 1.65. The lowest BCUT2D eigenvalue weighted by atomic mass is 9.86. The minimum absolute atomic E-state index is 0.228. The van der Waals surface area contributed by atoms with Gasteiger partial charge >= 0.3 is 5.97 Å². The summed E-state index contributed by atoms with van der Waals surface area (Å²) in [5, 5.41) is 17.6. The number of aryl methyl sites for hydroxylation is 2. The number of amides is 1. The van der Waals surface area contributed by atoms with Gasteiger partial charge in [0.2, 0.25) is 0 Å². The van der Waals surface area contributed by atoms with Crippen molar-refractivity contribution in [2.45, 2.75) is 32.5 Å². The predicted octanol–water partition coefficient (Wildman–Crippen LogP) is 2.46. The van der Waals surface area contributed by atoms with Crippen molar-refractivity contribution in [2.24, 2.45) is 7.05 Å². The first-order chi connectivity index (χ1) is 11.6. The molecule has 0 radical (unpaired) electrons. The number of benzene rings is 1. The molecule has 7 nitrogen and oxygen atoms in total. The highest BCUT2D eigenvalue weighted by Gasteiger charge is 2.43. The van der Waals surface area contributed by atoms with Gasteiger partial charge < -0.3 is 15.2 Å². The fourth-order valence-corrected chi connectivity index (χ4v) is 3.31. The molecule has 2 N–H and O–H groups in total. The highest BCUT2D eigenvalue weighted by atomic mass is 35.5. The molecular formula is C17H18ClN3O4. The van der Waals surface area contributed by atoms with Crippen molar-refractivity contribution >= 4 is 29.2 Å². The van der Waals surface area contributed by atoms with E-state index in [1.54, 1.807) is 39.1 Å². The maximum absolute atomic E-state index is 12.7. The first-order valence-corrected chi connectivity index (χ1v) is 8.09. The van der Waals surface area contributed by atoms with Crippen molar-refractivity contribution in [2.75, 3.05) is 5.32 Å². The quantitative estimate of drug-likeness (QED) is 0.799. The van der Waals surface area contributed by atoms with Crippen molar-refractivity contribution < 1.29 is 19.4 Å². The number of nitrogens with zero attached hydrogens (tertiary/aromatic N) is 2. The lowest BCUT2D eigenvalue weighted by molar-refractivity contribution is -0.174. The summed E-state index contributed by atoms with van der Waals surface area (Å²) in [5.41, 5.74) is 0.406. The Hall–Kier alpha value is -2.38. The zero-order valence-corrected chi connectivity index (χ0v) is 15.0. The van der Waals surface area contributed by atoms with Gasteiger partial charge in [-0.25, -0.2) is 4.79 Å². The SMILES string of the molecule is Cc1nn(C)c(Cl)c1C(=O)Nc1cccc2c1C(C)OC(=O)C2(C)O. The maximum Gasteiger partial charge on any atom is 0.343 e. The minimum Gasteiger partial charge on any atom is -0.455 e. The molecule has 8 heteroatoms. The van der Waals surface area contributed by atoms with Crippen LogP contribution in [0.1, 0.15) is 47.1 Å². The molecule has 0 saturated heterocycles. The molecule has 0 fully saturated rings. The third kappa shape index (κ3) is 2.69. The molecule has 2 aromatic rings. The number of carbonyl (C=O) groups excluding carboxylic acids is 2. The first kappa shape index (κ1) is 17.4. The highest BCUT2D eigenvalue weighted by Crippen LogP contribution is 2.41. The second-order valence-corrected chi connectivity index (χ2v) is 6.57. The van der Waals surface area contributed by atoms with Gasteiger partial charge in [-0.1, -0.05) is 23.7 Å². The van der Waals surface area contributed by atoms with Crippen LogP contribution in [0.25, 0.3) is 0 Å². The summed E-state index contributed by atoms with van der Waals surface area (Å²) in [6.45, 7) is 4.74. The van der Waals surface area contributed by atoms with E-state index in [0.29, 0.717) is 22.5 Å². The van der Waals surface area contributed by atoms with Crippen molar-refractivity contribution in [3.8, 4) is 0 Å². The van der Waals surface area contributed by atoms with E-state index in [-0.39, 0.29) is 10.7 Å². The number of aromatic nitrogens is 2. The molecule has 1 amide bonds. The van der Waals surface area contributed by atoms with E-state index in [2.05, 4.69) is 10.4 Å². The van der Waals surface area contributed by atoms with Crippen LogP contribution in [0.5, 0.6) is 0 Å². The van der Waals surface area contributed by atoms with Gasteiger partial charge in [0.25, 0.3) is 5.91 Å². The number of cyclic esters (lactones) is 1. The number of nitrogens with one attached hydrogen (secondary N) is 1. The fraction of sp³-hybridized carbons (Fsp3) is 0.353. The largest absolute Gasteiger partial charge is 0.455 e. The summed E-state index contributed by atoms with van der Waals surface area (Å²) in [5.74, 6) is -1.14. The Labute approximate surface area is 149 Å². The Kier molecular flexibility index (Phi) is 4.09. The zero-order chi connectivity index (χ0) is 18.5. The molecule has 1 aliphatic heterocycles. The van der Waals surface area contributed by atoms with Crippen molar-refractivity contribution in [3.05, 3.63) is 45.7 Å². The van der Waals surface area contributed by atoms with Crippen LogP contribution >= 0.6 is 11.6 Å². The van der Waals surface area contributed by atoms with E-state index in [4.69, 9.17) is 16.3 Å². The average molecular weight is 364 g/mol. The highest BCUT2D eigenvalue weighted by molar-refractivity contribution is 6.33. The van der Waals surface area contributed by atoms with Crippen molar-refractivity contribution in [3.63, 3.8) is 0 Å². The minimum atomic E-state index is -1.77. The van der Waals surface area contributed by atoms with Gasteiger partial charge in [0.05, 0.1) is 11.3 Å². The number of hydrogen-bond donors (Lipinski definition) is 2. The fourth-order valence-electron chi connectivity index (χ4n) is 3.05. The van der Waals surface area contributed by atoms with Gasteiger partial charge in [-0.3, -0.25) is 9.48 Å². The normalized spacial score (nSPS) is 22.3. The van der Waals surface area contributed by atoms with E-state index >= 15 is 0 Å². The van der Waals surface area contributed by atoms with Crippen LogP contribution in [-0.2, 0) is 22.2 Å². The van der Waals surface area contributed by atoms with Gasteiger partial charge in [0.15, 0.2) is 5.60 Å². The Morgan fingerprint density at radius 2 is 2.16 bits per heavy atom. The lowest BCUT2D eigenvalue weighted by Gasteiger charge is -2.34. The van der Waals surface area contributed by atoms with Crippen LogP contribution in [0, 0.1) is 6.92 Å². The maximum atomic E-state index is 12.7. The van der Waals surface area contributed by atoms with Gasteiger partial charge in [-0.15, -0.1) is 0 Å². The molecule has 2 unspecified atom stereocenters. The van der Waals surface area contributed by atoms with Gasteiger partial charge in [0, 0.05) is 23.9 Å². The van der Waals surface area contributed by atoms with Crippen LogP contribution in [0.4, 0.5) is 5.69 Å². The smallest absolute Gasteiger partial charge is 0.343 e. The number of aliphatic hydroxyl groups is 1. The van der Waals surface area contributed by atoms with E-state index in [0.717, 1.165) is 0 Å². The Morgan fingerprint density at radius 3 is 2.76 bits per heavy atom. The van der Waals surface area contributed by atoms with Gasteiger partial charge in [-0.2, -0.15) is 5.10 Å². The summed E-state index contributed by atoms with van der Waals surface area (Å²) in [4.78, 5) is 24.6. The number of carbonyl (C=O) groups is 2. The van der Waals surface area contributed by atoms with Crippen LogP contribution in [0.3, 0.4) is 0 Å². The van der Waals surface area contributed by atoms with E-state index < -0.39 is 23.6 Å². The number of fused-ring (bicyclic) bond motifs is 1. The van der Waals surface area contributed by atoms with Crippen molar-refractivity contribution in [1.82, 2.24) is 9.78 Å². The molecule has 2 atom stereocenters. The molecule has 1 aromatic carbocycles. The molecule has 2 heterocycles. The molecule has 0 spiro atoms. The first-order valence-electron chi connectivity index (χ1n) is 7.72. The molecule has 1 aliphatic rings. The lowest BCUT2D eigenvalue weighted by Crippen LogP contribution is -2.40. The molecule has 132 valence electrons. The van der Waals surface area contributed by atoms with E-state index in [1.807, 2.05) is 0 Å². The third-order valence-electron chi connectivity index (χ3n) is 4.35. The standard InChI is InChI=1S/C17H18ClN3O4/c1-8-12(14(18)21(4)20-8)15(22)19-11-7-5-6-10-13(11)9(2)25-16(23)17(10,3)24/h5-7,9,24H,1-4H3,(H,19,22). The van der Waals surface area contributed by atoms with Gasteiger partial charge in [-0.05, 0) is 26.8 Å². The number of ether oxygens (including phenoxy) is 1. The van der Waals surface area contributed by atoms with Crippen molar-refractivity contribution in [1.29, 1.82) is 0 Å². The predicted molar refractivity (Wildman–Crippen MR) is 91.4 cm³/mol. The molecule has 0 aliphatic carbocycles. The molecule has 0 saturated carbocycles. The average Bonchev–Trinajstić information content (AvgIpc) is 2.78. The Bertz CT molecular complexity index is 888. The molecular weight excluding hydrogens is 346 g/mol. The molecule has 0 bridgehead atoms.